The minimum Gasteiger partial charge on any atom is -0.374 e. The van der Waals surface area contributed by atoms with Crippen LogP contribution in [0.3, 0.4) is 0 Å². The lowest BCUT2D eigenvalue weighted by atomic mass is 10.2. The molecule has 2 unspecified atom stereocenters. The second kappa shape index (κ2) is 6.20. The molecule has 0 N–H and O–H groups in total. The number of piperazine rings is 1. The molecular weight excluding hydrogens is 224 g/mol. The Balaban J connectivity index is 1.65. The Morgan fingerprint density at radius 2 is 1.81 bits per heavy atom. The van der Waals surface area contributed by atoms with Crippen LogP contribution in [0.15, 0.2) is 0 Å². The molecule has 0 amide bonds. The lowest BCUT2D eigenvalue weighted by molar-refractivity contribution is 0.0198. The average molecular weight is 247 g/mol. The van der Waals surface area contributed by atoms with Gasteiger partial charge < -0.3 is 4.74 Å². The highest BCUT2D eigenvalue weighted by atomic mass is 35.5. The van der Waals surface area contributed by atoms with Gasteiger partial charge >= 0.3 is 0 Å². The average Bonchev–Trinajstić information content (AvgIpc) is 2.67. The largest absolute Gasteiger partial charge is 0.374 e. The van der Waals surface area contributed by atoms with Gasteiger partial charge in [-0.2, -0.15) is 0 Å². The fourth-order valence-electron chi connectivity index (χ4n) is 2.62. The molecule has 2 saturated heterocycles. The summed E-state index contributed by atoms with van der Waals surface area (Å²) in [7, 11) is 0. The van der Waals surface area contributed by atoms with Crippen molar-refractivity contribution in [1.82, 2.24) is 9.80 Å². The van der Waals surface area contributed by atoms with Crippen molar-refractivity contribution >= 4 is 11.6 Å². The van der Waals surface area contributed by atoms with Gasteiger partial charge in [0.25, 0.3) is 0 Å². The van der Waals surface area contributed by atoms with E-state index in [2.05, 4.69) is 16.7 Å². The van der Waals surface area contributed by atoms with Crippen molar-refractivity contribution in [1.29, 1.82) is 0 Å². The first-order valence-corrected chi connectivity index (χ1v) is 6.97. The molecule has 0 aliphatic carbocycles. The van der Waals surface area contributed by atoms with Crippen LogP contribution in [0.1, 0.15) is 19.8 Å². The van der Waals surface area contributed by atoms with E-state index in [1.165, 1.54) is 25.9 Å². The van der Waals surface area contributed by atoms with Crippen LogP contribution in [0.2, 0.25) is 0 Å². The van der Waals surface area contributed by atoms with Crippen molar-refractivity contribution in [2.24, 2.45) is 0 Å². The van der Waals surface area contributed by atoms with E-state index >= 15 is 0 Å². The Labute approximate surface area is 104 Å². The maximum absolute atomic E-state index is 5.86. The molecule has 2 aliphatic heterocycles. The van der Waals surface area contributed by atoms with E-state index in [4.69, 9.17) is 16.3 Å². The van der Waals surface area contributed by atoms with Crippen molar-refractivity contribution in [3.63, 3.8) is 0 Å². The Morgan fingerprint density at radius 1 is 1.12 bits per heavy atom. The monoisotopic (exact) mass is 246 g/mol. The van der Waals surface area contributed by atoms with Gasteiger partial charge in [0.1, 0.15) is 0 Å². The van der Waals surface area contributed by atoms with E-state index < -0.39 is 0 Å². The molecule has 0 bridgehead atoms. The molecule has 2 aliphatic rings. The van der Waals surface area contributed by atoms with Crippen molar-refractivity contribution in [3.05, 3.63) is 0 Å². The maximum atomic E-state index is 5.86. The molecular formula is C12H23ClN2O. The summed E-state index contributed by atoms with van der Waals surface area (Å²) in [6, 6.07) is 0. The molecule has 0 spiro atoms. The zero-order valence-corrected chi connectivity index (χ0v) is 11.0. The molecule has 16 heavy (non-hydrogen) atoms. The quantitative estimate of drug-likeness (QED) is 0.698. The molecule has 3 nitrogen and oxygen atoms in total. The first-order valence-electron chi connectivity index (χ1n) is 6.44. The number of alkyl halides is 1. The third-order valence-corrected chi connectivity index (χ3v) is 3.82. The number of halogens is 1. The number of rotatable bonds is 4. The van der Waals surface area contributed by atoms with Gasteiger partial charge in [-0.25, -0.2) is 0 Å². The summed E-state index contributed by atoms with van der Waals surface area (Å²) in [5, 5.41) is 0. The predicted octanol–water partition coefficient (Wildman–Crippen LogP) is 1.41. The second-order valence-electron chi connectivity index (χ2n) is 4.98. The molecule has 94 valence electrons. The van der Waals surface area contributed by atoms with Crippen LogP contribution in [0.5, 0.6) is 0 Å². The standard InChI is InChI=1S/C12H23ClN2O/c1-11-2-3-12(16-11)10-15-8-6-14(5-4-13)7-9-15/h11-12H,2-10H2,1H3. The van der Waals surface area contributed by atoms with Crippen molar-refractivity contribution in [2.45, 2.75) is 32.0 Å². The minimum atomic E-state index is 0.475. The first-order chi connectivity index (χ1) is 7.78. The molecule has 0 aromatic carbocycles. The van der Waals surface area contributed by atoms with Gasteiger partial charge in [-0.15, -0.1) is 11.6 Å². The van der Waals surface area contributed by atoms with Gasteiger partial charge in [0.2, 0.25) is 0 Å². The fraction of sp³-hybridized carbons (Fsp3) is 1.00. The van der Waals surface area contributed by atoms with Gasteiger partial charge in [-0.1, -0.05) is 0 Å². The van der Waals surface area contributed by atoms with E-state index in [9.17, 15) is 0 Å². The Bertz CT molecular complexity index is 207. The Morgan fingerprint density at radius 3 is 2.38 bits per heavy atom. The summed E-state index contributed by atoms with van der Waals surface area (Å²) in [6.45, 7) is 9.00. The molecule has 2 rings (SSSR count). The molecule has 4 heteroatoms. The summed E-state index contributed by atoms with van der Waals surface area (Å²) in [5.74, 6) is 0.753. The van der Waals surface area contributed by atoms with E-state index in [1.54, 1.807) is 0 Å². The number of hydrogen-bond donors (Lipinski definition) is 0. The van der Waals surface area contributed by atoms with Gasteiger partial charge in [-0.3, -0.25) is 9.80 Å². The summed E-state index contributed by atoms with van der Waals surface area (Å²) in [6.07, 6.45) is 3.43. The highest BCUT2D eigenvalue weighted by Crippen LogP contribution is 2.20. The van der Waals surface area contributed by atoms with Crippen molar-refractivity contribution in [3.8, 4) is 0 Å². The predicted molar refractivity (Wildman–Crippen MR) is 67.2 cm³/mol. The molecule has 0 aromatic heterocycles. The minimum absolute atomic E-state index is 0.475. The van der Waals surface area contributed by atoms with Gasteiger partial charge in [0, 0.05) is 45.1 Å². The lowest BCUT2D eigenvalue weighted by Gasteiger charge is -2.35. The third-order valence-electron chi connectivity index (χ3n) is 3.65. The number of nitrogens with zero attached hydrogens (tertiary/aromatic N) is 2. The van der Waals surface area contributed by atoms with Crippen molar-refractivity contribution in [2.75, 3.05) is 45.1 Å². The van der Waals surface area contributed by atoms with E-state index in [1.807, 2.05) is 0 Å². The first kappa shape index (κ1) is 12.6. The van der Waals surface area contributed by atoms with Crippen LogP contribution in [0.25, 0.3) is 0 Å². The summed E-state index contributed by atoms with van der Waals surface area (Å²) in [4.78, 5) is 4.98. The van der Waals surface area contributed by atoms with Gasteiger partial charge in [0.05, 0.1) is 12.2 Å². The molecule has 2 fully saturated rings. The molecule has 0 saturated carbocycles. The Hall–Kier alpha value is 0.170. The fourth-order valence-corrected chi connectivity index (χ4v) is 2.86. The molecule has 0 aromatic rings. The van der Waals surface area contributed by atoms with Crippen LogP contribution in [0, 0.1) is 0 Å². The third kappa shape index (κ3) is 3.59. The number of hydrogen-bond acceptors (Lipinski definition) is 3. The smallest absolute Gasteiger partial charge is 0.0706 e. The van der Waals surface area contributed by atoms with Crippen molar-refractivity contribution < 1.29 is 4.74 Å². The van der Waals surface area contributed by atoms with Crippen LogP contribution in [-0.4, -0.2) is 67.2 Å². The SMILES string of the molecule is CC1CCC(CN2CCN(CCCl)CC2)O1. The normalized spacial score (nSPS) is 33.4. The van der Waals surface area contributed by atoms with Crippen LogP contribution >= 0.6 is 11.6 Å². The topological polar surface area (TPSA) is 15.7 Å². The molecule has 0 radical (unpaired) electrons. The zero-order chi connectivity index (χ0) is 11.4. The van der Waals surface area contributed by atoms with E-state index in [0.29, 0.717) is 12.2 Å². The molecule has 2 heterocycles. The van der Waals surface area contributed by atoms with Gasteiger partial charge in [0.15, 0.2) is 0 Å². The second-order valence-corrected chi connectivity index (χ2v) is 5.36. The number of ether oxygens (including phenoxy) is 1. The Kier molecular flexibility index (Phi) is 4.89. The molecule has 2 atom stereocenters. The summed E-state index contributed by atoms with van der Waals surface area (Å²) >= 11 is 5.75. The highest BCUT2D eigenvalue weighted by Gasteiger charge is 2.25. The zero-order valence-electron chi connectivity index (χ0n) is 10.2. The maximum Gasteiger partial charge on any atom is 0.0706 e. The summed E-state index contributed by atoms with van der Waals surface area (Å²) in [5.41, 5.74) is 0. The van der Waals surface area contributed by atoms with Crippen LogP contribution < -0.4 is 0 Å². The van der Waals surface area contributed by atoms with E-state index in [-0.39, 0.29) is 0 Å². The highest BCUT2D eigenvalue weighted by molar-refractivity contribution is 6.18. The summed E-state index contributed by atoms with van der Waals surface area (Å²) < 4.78 is 5.86. The van der Waals surface area contributed by atoms with Crippen LogP contribution in [0.4, 0.5) is 0 Å². The lowest BCUT2D eigenvalue weighted by Crippen LogP contribution is -2.48. The van der Waals surface area contributed by atoms with E-state index in [0.717, 1.165) is 32.1 Å². The van der Waals surface area contributed by atoms with Gasteiger partial charge in [-0.05, 0) is 19.8 Å². The van der Waals surface area contributed by atoms with Crippen LogP contribution in [-0.2, 0) is 4.74 Å².